The third-order valence-electron chi connectivity index (χ3n) is 9.11. The summed E-state index contributed by atoms with van der Waals surface area (Å²) in [4.78, 5) is 13.1. The molecule has 1 aromatic rings. The van der Waals surface area contributed by atoms with Gasteiger partial charge in [-0.25, -0.2) is 4.79 Å². The monoisotopic (exact) mass is 494 g/mol. The largest absolute Gasteiger partial charge is 0.472 e. The van der Waals surface area contributed by atoms with Crippen molar-refractivity contribution in [3.05, 3.63) is 36.3 Å². The third-order valence-corrected chi connectivity index (χ3v) is 9.11. The predicted molar refractivity (Wildman–Crippen MR) is 118 cm³/mol. The quantitative estimate of drug-likeness (QED) is 0.296. The van der Waals surface area contributed by atoms with Gasteiger partial charge in [0.15, 0.2) is 11.9 Å². The van der Waals surface area contributed by atoms with Crippen molar-refractivity contribution < 1.29 is 49.0 Å². The van der Waals surface area contributed by atoms with Gasteiger partial charge in [0.1, 0.15) is 30.5 Å². The lowest BCUT2D eigenvalue weighted by atomic mass is 9.44. The molecule has 194 valence electrons. The van der Waals surface area contributed by atoms with Gasteiger partial charge in [0.05, 0.1) is 25.2 Å². The van der Waals surface area contributed by atoms with Gasteiger partial charge < -0.3 is 44.2 Å². The summed E-state index contributed by atoms with van der Waals surface area (Å²) in [5.74, 6) is -0.823. The first kappa shape index (κ1) is 24.9. The summed E-state index contributed by atoms with van der Waals surface area (Å²) in [6, 6.07) is 1.75. The molecule has 2 saturated heterocycles. The van der Waals surface area contributed by atoms with Crippen molar-refractivity contribution in [2.24, 2.45) is 16.7 Å². The molecular weight excluding hydrogens is 460 g/mol. The second-order valence-corrected chi connectivity index (χ2v) is 10.9. The summed E-state index contributed by atoms with van der Waals surface area (Å²) in [6.07, 6.45) is 0.483. The van der Waals surface area contributed by atoms with Gasteiger partial charge in [-0.1, -0.05) is 26.0 Å². The number of furan rings is 1. The number of fused-ring (bicyclic) bond motifs is 3. The standard InChI is InChI=1S/C25H34O10/c1-23-7-8-25(31)22(30)34-14(13-6-9-32-12-13)10-24(25,2)16(23)4-3-5-17(23)35-21-20(29)19(28)18(27)15(11-26)33-21/h3,5-6,9,12,14-21,26-29,31H,4,7-8,10-11H2,1-2H3/t14-,15+,16+,17+,18+,19-,20+,21-,23+,24-,25-/m0/s1. The van der Waals surface area contributed by atoms with Crippen LogP contribution in [0.25, 0.3) is 0 Å². The van der Waals surface area contributed by atoms with Gasteiger partial charge >= 0.3 is 5.97 Å². The molecule has 5 rings (SSSR count). The minimum atomic E-state index is -1.66. The van der Waals surface area contributed by atoms with Gasteiger partial charge in [0.2, 0.25) is 0 Å². The highest BCUT2D eigenvalue weighted by Gasteiger charge is 2.69. The Hall–Kier alpha value is -1.79. The number of carbonyl (C=O) groups is 1. The smallest absolute Gasteiger partial charge is 0.339 e. The van der Waals surface area contributed by atoms with Crippen LogP contribution in [0, 0.1) is 16.7 Å². The van der Waals surface area contributed by atoms with Crippen LogP contribution < -0.4 is 0 Å². The molecule has 1 aromatic heterocycles. The minimum Gasteiger partial charge on any atom is -0.472 e. The number of carbonyl (C=O) groups excluding carboxylic acids is 1. The molecule has 11 atom stereocenters. The summed E-state index contributed by atoms with van der Waals surface area (Å²) in [6.45, 7) is 3.41. The molecule has 35 heavy (non-hydrogen) atoms. The van der Waals surface area contributed by atoms with Crippen LogP contribution in [0.15, 0.2) is 35.2 Å². The van der Waals surface area contributed by atoms with Gasteiger partial charge in [0, 0.05) is 16.4 Å². The Morgan fingerprint density at radius 1 is 1.14 bits per heavy atom. The Morgan fingerprint density at radius 3 is 2.60 bits per heavy atom. The van der Waals surface area contributed by atoms with Crippen LogP contribution in [-0.2, 0) is 19.0 Å². The number of ether oxygens (including phenoxy) is 3. The van der Waals surface area contributed by atoms with E-state index in [1.165, 1.54) is 6.26 Å². The second-order valence-electron chi connectivity index (χ2n) is 10.9. The number of esters is 1. The number of aliphatic hydroxyl groups is 5. The normalized spacial score (nSPS) is 49.7. The summed E-state index contributed by atoms with van der Waals surface area (Å²) in [5.41, 5.74) is -2.32. The molecule has 1 saturated carbocycles. The van der Waals surface area contributed by atoms with Crippen molar-refractivity contribution in [1.82, 2.24) is 0 Å². The molecule has 0 amide bonds. The molecule has 10 heteroatoms. The number of rotatable bonds is 4. The Balaban J connectivity index is 1.44. The average molecular weight is 495 g/mol. The van der Waals surface area contributed by atoms with Gasteiger partial charge in [-0.05, 0) is 37.7 Å². The Kier molecular flexibility index (Phi) is 6.15. The molecule has 10 nitrogen and oxygen atoms in total. The van der Waals surface area contributed by atoms with E-state index >= 15 is 0 Å². The highest BCUT2D eigenvalue weighted by atomic mass is 16.7. The summed E-state index contributed by atoms with van der Waals surface area (Å²) >= 11 is 0. The molecule has 0 aromatic carbocycles. The molecular formula is C25H34O10. The lowest BCUT2D eigenvalue weighted by Crippen LogP contribution is -2.68. The zero-order valence-electron chi connectivity index (χ0n) is 19.8. The number of cyclic esters (lactones) is 1. The first-order chi connectivity index (χ1) is 16.5. The molecule has 0 bridgehead atoms. The van der Waals surface area contributed by atoms with E-state index < -0.39 is 71.9 Å². The van der Waals surface area contributed by atoms with E-state index in [1.54, 1.807) is 12.3 Å². The number of hydrogen-bond donors (Lipinski definition) is 5. The highest BCUT2D eigenvalue weighted by molar-refractivity contribution is 5.82. The van der Waals surface area contributed by atoms with E-state index in [1.807, 2.05) is 26.0 Å². The topological polar surface area (TPSA) is 159 Å². The maximum absolute atomic E-state index is 13.1. The van der Waals surface area contributed by atoms with Gasteiger partial charge in [-0.15, -0.1) is 0 Å². The predicted octanol–water partition coefficient (Wildman–Crippen LogP) is 0.566. The summed E-state index contributed by atoms with van der Waals surface area (Å²) in [5, 5.41) is 52.0. The van der Waals surface area contributed by atoms with E-state index in [-0.39, 0.29) is 12.3 Å². The van der Waals surface area contributed by atoms with Crippen LogP contribution in [0.5, 0.6) is 0 Å². The molecule has 3 fully saturated rings. The molecule has 0 spiro atoms. The van der Waals surface area contributed by atoms with Crippen molar-refractivity contribution in [2.75, 3.05) is 6.61 Å². The zero-order valence-corrected chi connectivity index (χ0v) is 19.8. The molecule has 2 aliphatic heterocycles. The first-order valence-electron chi connectivity index (χ1n) is 12.1. The van der Waals surface area contributed by atoms with E-state index in [0.29, 0.717) is 19.3 Å². The SMILES string of the molecule is C[C@@]12CC[C@]3(O)C(=O)O[C@H](c4ccoc4)C[C@@]3(C)[C@@H]1CC=C[C@H]2O[C@@H]1O[C@H](CO)[C@@H](O)[C@H](O)[C@H]1O. The fraction of sp³-hybridized carbons (Fsp3) is 0.720. The van der Waals surface area contributed by atoms with Crippen molar-refractivity contribution >= 4 is 5.97 Å². The molecule has 3 heterocycles. The second kappa shape index (κ2) is 8.65. The zero-order chi connectivity index (χ0) is 25.2. The van der Waals surface area contributed by atoms with Crippen LogP contribution in [0.2, 0.25) is 0 Å². The van der Waals surface area contributed by atoms with Crippen LogP contribution in [0.1, 0.15) is 51.2 Å². The van der Waals surface area contributed by atoms with E-state index in [0.717, 1.165) is 5.56 Å². The molecule has 4 aliphatic rings. The summed E-state index contributed by atoms with van der Waals surface area (Å²) in [7, 11) is 0. The highest BCUT2D eigenvalue weighted by Crippen LogP contribution is 2.65. The fourth-order valence-corrected chi connectivity index (χ4v) is 6.82. The van der Waals surface area contributed by atoms with Crippen LogP contribution in [-0.4, -0.2) is 80.5 Å². The van der Waals surface area contributed by atoms with E-state index in [4.69, 9.17) is 18.6 Å². The molecule has 0 unspecified atom stereocenters. The minimum absolute atomic E-state index is 0.176. The van der Waals surface area contributed by atoms with Crippen molar-refractivity contribution in [3.8, 4) is 0 Å². The third kappa shape index (κ3) is 3.61. The lowest BCUT2D eigenvalue weighted by Gasteiger charge is -2.63. The van der Waals surface area contributed by atoms with Gasteiger partial charge in [0.25, 0.3) is 0 Å². The van der Waals surface area contributed by atoms with Crippen LogP contribution in [0.3, 0.4) is 0 Å². The van der Waals surface area contributed by atoms with Crippen molar-refractivity contribution in [1.29, 1.82) is 0 Å². The Bertz CT molecular complexity index is 961. The first-order valence-corrected chi connectivity index (χ1v) is 12.1. The lowest BCUT2D eigenvalue weighted by molar-refractivity contribution is -0.324. The average Bonchev–Trinajstić information content (AvgIpc) is 3.37. The summed E-state index contributed by atoms with van der Waals surface area (Å²) < 4.78 is 22.6. The van der Waals surface area contributed by atoms with Gasteiger partial charge in [-0.3, -0.25) is 0 Å². The maximum Gasteiger partial charge on any atom is 0.339 e. The van der Waals surface area contributed by atoms with Crippen molar-refractivity contribution in [2.45, 2.75) is 88.0 Å². The fourth-order valence-electron chi connectivity index (χ4n) is 6.82. The van der Waals surface area contributed by atoms with E-state index in [9.17, 15) is 30.3 Å². The molecule has 2 aliphatic carbocycles. The van der Waals surface area contributed by atoms with Gasteiger partial charge in [-0.2, -0.15) is 0 Å². The molecule has 0 radical (unpaired) electrons. The maximum atomic E-state index is 13.1. The van der Waals surface area contributed by atoms with E-state index in [2.05, 4.69) is 0 Å². The number of allylic oxidation sites excluding steroid dienone is 1. The Labute approximate surface area is 203 Å². The molecule has 5 N–H and O–H groups in total. The Morgan fingerprint density at radius 2 is 1.91 bits per heavy atom. The van der Waals surface area contributed by atoms with Crippen LogP contribution in [0.4, 0.5) is 0 Å². The number of aliphatic hydroxyl groups excluding tert-OH is 4. The van der Waals surface area contributed by atoms with Crippen LogP contribution >= 0.6 is 0 Å². The number of hydrogen-bond acceptors (Lipinski definition) is 10. The van der Waals surface area contributed by atoms with Crippen molar-refractivity contribution in [3.63, 3.8) is 0 Å².